The first-order valence-corrected chi connectivity index (χ1v) is 7.83. The van der Waals surface area contributed by atoms with Gasteiger partial charge in [-0.25, -0.2) is 0 Å². The molecule has 0 unspecified atom stereocenters. The van der Waals surface area contributed by atoms with E-state index < -0.39 is 0 Å². The molecule has 0 saturated carbocycles. The first-order valence-electron chi connectivity index (χ1n) is 7.83. The molecule has 2 aromatic rings. The van der Waals surface area contributed by atoms with Crippen molar-refractivity contribution in [2.45, 2.75) is 26.3 Å². The summed E-state index contributed by atoms with van der Waals surface area (Å²) in [5.74, 6) is 2.00. The van der Waals surface area contributed by atoms with Gasteiger partial charge in [0.25, 0.3) is 5.56 Å². The van der Waals surface area contributed by atoms with Crippen molar-refractivity contribution in [2.24, 2.45) is 0 Å². The topological polar surface area (TPSA) is 49.7 Å². The highest BCUT2D eigenvalue weighted by Crippen LogP contribution is 2.17. The number of aryl methyl sites for hydroxylation is 1. The van der Waals surface area contributed by atoms with Gasteiger partial charge in [-0.05, 0) is 49.2 Å². The molecule has 0 fully saturated rings. The van der Waals surface area contributed by atoms with Crippen LogP contribution in [0.2, 0.25) is 0 Å². The van der Waals surface area contributed by atoms with Crippen molar-refractivity contribution < 1.29 is 14.2 Å². The molecule has 5 heteroatoms. The van der Waals surface area contributed by atoms with Crippen LogP contribution in [0.15, 0.2) is 47.4 Å². The van der Waals surface area contributed by atoms with E-state index in [1.807, 2.05) is 37.3 Å². The maximum Gasteiger partial charge on any atom is 0.292 e. The molecular weight excluding hydrogens is 294 g/mol. The van der Waals surface area contributed by atoms with E-state index in [-0.39, 0.29) is 5.56 Å². The van der Waals surface area contributed by atoms with Crippen molar-refractivity contribution in [3.63, 3.8) is 0 Å². The van der Waals surface area contributed by atoms with Crippen molar-refractivity contribution in [1.82, 2.24) is 4.57 Å². The maximum atomic E-state index is 12.2. The number of pyridine rings is 1. The molecule has 0 amide bonds. The lowest BCUT2D eigenvalue weighted by molar-refractivity contribution is 0.294. The first kappa shape index (κ1) is 16.9. The molecule has 0 spiro atoms. The van der Waals surface area contributed by atoms with Gasteiger partial charge in [-0.1, -0.05) is 6.92 Å². The molecule has 0 N–H and O–H groups in total. The maximum absolute atomic E-state index is 12.2. The summed E-state index contributed by atoms with van der Waals surface area (Å²) < 4.78 is 17.9. The summed E-state index contributed by atoms with van der Waals surface area (Å²) >= 11 is 0. The van der Waals surface area contributed by atoms with Crippen LogP contribution in [0.5, 0.6) is 17.2 Å². The molecule has 0 radical (unpaired) electrons. The third-order valence-electron chi connectivity index (χ3n) is 3.32. The fourth-order valence-electron chi connectivity index (χ4n) is 2.11. The van der Waals surface area contributed by atoms with Gasteiger partial charge in [-0.15, -0.1) is 0 Å². The molecule has 0 saturated heterocycles. The van der Waals surface area contributed by atoms with Crippen LogP contribution in [0, 0.1) is 0 Å². The van der Waals surface area contributed by atoms with Gasteiger partial charge >= 0.3 is 0 Å². The molecule has 5 nitrogen and oxygen atoms in total. The van der Waals surface area contributed by atoms with Crippen LogP contribution in [0.3, 0.4) is 0 Å². The molecule has 0 atom stereocenters. The van der Waals surface area contributed by atoms with E-state index in [1.54, 1.807) is 23.9 Å². The standard InChI is InChI=1S/C18H23NO4/c1-3-13-23-17-6-4-11-19(18(17)20)12-5-14-22-16-9-7-15(21-2)8-10-16/h4,6-11H,3,5,12-14H2,1-2H3. The molecule has 0 bridgehead atoms. The Hall–Kier alpha value is -2.43. The Balaban J connectivity index is 1.82. The van der Waals surface area contributed by atoms with Crippen molar-refractivity contribution in [1.29, 1.82) is 0 Å². The average Bonchev–Trinajstić information content (AvgIpc) is 2.59. The minimum atomic E-state index is -0.0922. The largest absolute Gasteiger partial charge is 0.497 e. The number of hydrogen-bond acceptors (Lipinski definition) is 4. The summed E-state index contributed by atoms with van der Waals surface area (Å²) in [5.41, 5.74) is -0.0922. The predicted octanol–water partition coefficient (Wildman–Crippen LogP) is 3.11. The highest BCUT2D eigenvalue weighted by molar-refractivity contribution is 5.31. The summed E-state index contributed by atoms with van der Waals surface area (Å²) in [6, 6.07) is 11.0. The monoisotopic (exact) mass is 317 g/mol. The number of rotatable bonds is 9. The molecule has 0 aliphatic heterocycles. The number of ether oxygens (including phenoxy) is 3. The Kier molecular flexibility index (Phi) is 6.54. The van der Waals surface area contributed by atoms with Crippen LogP contribution in [0.4, 0.5) is 0 Å². The quantitative estimate of drug-likeness (QED) is 0.667. The second-order valence-electron chi connectivity index (χ2n) is 5.10. The SMILES string of the molecule is CCCOc1cccn(CCCOc2ccc(OC)cc2)c1=O. The van der Waals surface area contributed by atoms with Crippen LogP contribution >= 0.6 is 0 Å². The summed E-state index contributed by atoms with van der Waals surface area (Å²) in [7, 11) is 1.63. The molecule has 0 aliphatic carbocycles. The number of benzene rings is 1. The lowest BCUT2D eigenvalue weighted by atomic mass is 10.3. The van der Waals surface area contributed by atoms with E-state index in [0.717, 1.165) is 24.3 Å². The van der Waals surface area contributed by atoms with Gasteiger partial charge in [-0.2, -0.15) is 0 Å². The number of aromatic nitrogens is 1. The van der Waals surface area contributed by atoms with E-state index >= 15 is 0 Å². The molecule has 23 heavy (non-hydrogen) atoms. The Morgan fingerprint density at radius 2 is 1.74 bits per heavy atom. The summed E-state index contributed by atoms with van der Waals surface area (Å²) in [4.78, 5) is 12.2. The zero-order chi connectivity index (χ0) is 16.5. The van der Waals surface area contributed by atoms with Gasteiger partial charge in [-0.3, -0.25) is 4.79 Å². The number of methoxy groups -OCH3 is 1. The molecular formula is C18H23NO4. The third-order valence-corrected chi connectivity index (χ3v) is 3.32. The fourth-order valence-corrected chi connectivity index (χ4v) is 2.11. The van der Waals surface area contributed by atoms with E-state index in [1.165, 1.54) is 0 Å². The van der Waals surface area contributed by atoms with Crippen LogP contribution in [-0.4, -0.2) is 24.9 Å². The second-order valence-corrected chi connectivity index (χ2v) is 5.10. The van der Waals surface area contributed by atoms with Crippen molar-refractivity contribution in [3.8, 4) is 17.2 Å². The molecule has 2 rings (SSSR count). The third kappa shape index (κ3) is 5.06. The smallest absolute Gasteiger partial charge is 0.292 e. The van der Waals surface area contributed by atoms with Crippen LogP contribution in [0.25, 0.3) is 0 Å². The van der Waals surface area contributed by atoms with Gasteiger partial charge < -0.3 is 18.8 Å². The van der Waals surface area contributed by atoms with Gasteiger partial charge in [0.15, 0.2) is 5.75 Å². The van der Waals surface area contributed by atoms with E-state index in [4.69, 9.17) is 14.2 Å². The summed E-state index contributed by atoms with van der Waals surface area (Å²) in [6.07, 6.45) is 3.39. The highest BCUT2D eigenvalue weighted by atomic mass is 16.5. The lowest BCUT2D eigenvalue weighted by Crippen LogP contribution is -2.22. The average molecular weight is 317 g/mol. The Morgan fingerprint density at radius 3 is 2.43 bits per heavy atom. The van der Waals surface area contributed by atoms with Crippen molar-refractivity contribution in [2.75, 3.05) is 20.3 Å². The van der Waals surface area contributed by atoms with Crippen LogP contribution < -0.4 is 19.8 Å². The Bertz CT molecular complexity index is 649. The zero-order valence-corrected chi connectivity index (χ0v) is 13.7. The van der Waals surface area contributed by atoms with Gasteiger partial charge in [0, 0.05) is 12.7 Å². The highest BCUT2D eigenvalue weighted by Gasteiger charge is 2.04. The fraction of sp³-hybridized carbons (Fsp3) is 0.389. The molecule has 1 aromatic carbocycles. The zero-order valence-electron chi connectivity index (χ0n) is 13.7. The lowest BCUT2D eigenvalue weighted by Gasteiger charge is -2.10. The molecule has 1 heterocycles. The van der Waals surface area contributed by atoms with Crippen molar-refractivity contribution in [3.05, 3.63) is 52.9 Å². The van der Waals surface area contributed by atoms with Crippen molar-refractivity contribution >= 4 is 0 Å². The molecule has 0 aliphatic rings. The predicted molar refractivity (Wildman–Crippen MR) is 89.6 cm³/mol. The van der Waals surface area contributed by atoms with Gasteiger partial charge in [0.2, 0.25) is 0 Å². The number of hydrogen-bond donors (Lipinski definition) is 0. The van der Waals surface area contributed by atoms with Crippen LogP contribution in [-0.2, 0) is 6.54 Å². The summed E-state index contributed by atoms with van der Waals surface area (Å²) in [5, 5.41) is 0. The Labute approximate surface area is 136 Å². The van der Waals surface area contributed by atoms with Gasteiger partial charge in [0.05, 0.1) is 20.3 Å². The normalized spacial score (nSPS) is 10.3. The second kappa shape index (κ2) is 8.88. The minimum Gasteiger partial charge on any atom is -0.497 e. The summed E-state index contributed by atoms with van der Waals surface area (Å²) in [6.45, 7) is 3.70. The number of nitrogens with zero attached hydrogens (tertiary/aromatic N) is 1. The van der Waals surface area contributed by atoms with Gasteiger partial charge in [0.1, 0.15) is 11.5 Å². The molecule has 1 aromatic heterocycles. The van der Waals surface area contributed by atoms with E-state index in [0.29, 0.717) is 25.5 Å². The van der Waals surface area contributed by atoms with E-state index in [2.05, 4.69) is 0 Å². The Morgan fingerprint density at radius 1 is 1.00 bits per heavy atom. The van der Waals surface area contributed by atoms with Crippen LogP contribution in [0.1, 0.15) is 19.8 Å². The van der Waals surface area contributed by atoms with E-state index in [9.17, 15) is 4.79 Å². The molecule has 124 valence electrons. The first-order chi connectivity index (χ1) is 11.2. The minimum absolute atomic E-state index is 0.0922.